The summed E-state index contributed by atoms with van der Waals surface area (Å²) in [6.45, 7) is 6.02. The van der Waals surface area contributed by atoms with Crippen LogP contribution in [0, 0.1) is 0 Å². The van der Waals surface area contributed by atoms with E-state index in [1.807, 2.05) is 0 Å². The van der Waals surface area contributed by atoms with Gasteiger partial charge in [0.2, 0.25) is 0 Å². The first kappa shape index (κ1) is 14.2. The van der Waals surface area contributed by atoms with Crippen LogP contribution in [-0.4, -0.2) is 54.7 Å². The maximum absolute atomic E-state index is 11.9. The fourth-order valence-corrected chi connectivity index (χ4v) is 2.17. The van der Waals surface area contributed by atoms with Crippen LogP contribution in [0.5, 0.6) is 0 Å². The maximum Gasteiger partial charge on any atom is 0.269 e. The highest BCUT2D eigenvalue weighted by Gasteiger charge is 2.18. The van der Waals surface area contributed by atoms with Crippen LogP contribution in [0.3, 0.4) is 0 Å². The Morgan fingerprint density at radius 2 is 2.32 bits per heavy atom. The predicted molar refractivity (Wildman–Crippen MR) is 73.4 cm³/mol. The van der Waals surface area contributed by atoms with Crippen molar-refractivity contribution in [1.82, 2.24) is 15.2 Å². The molecule has 1 amide bonds. The zero-order chi connectivity index (χ0) is 13.7. The van der Waals surface area contributed by atoms with Gasteiger partial charge >= 0.3 is 0 Å². The molecule has 5 nitrogen and oxygen atoms in total. The molecule has 1 aromatic heterocycles. The maximum atomic E-state index is 11.9. The summed E-state index contributed by atoms with van der Waals surface area (Å²) in [6, 6.07) is 3.50. The highest BCUT2D eigenvalue weighted by atomic mass is 35.5. The van der Waals surface area contributed by atoms with Gasteiger partial charge in [0.15, 0.2) is 0 Å². The normalized spacial score (nSPS) is 18.0. The Bertz CT molecular complexity index is 436. The zero-order valence-corrected chi connectivity index (χ0v) is 11.7. The molecule has 0 aromatic carbocycles. The molecule has 0 unspecified atom stereocenters. The number of hydrogen-bond acceptors (Lipinski definition) is 4. The summed E-state index contributed by atoms with van der Waals surface area (Å²) < 4.78 is 5.30. The largest absolute Gasteiger partial charge is 0.379 e. The van der Waals surface area contributed by atoms with E-state index in [2.05, 4.69) is 22.1 Å². The number of nitrogens with zero attached hydrogens (tertiary/aromatic N) is 2. The Hall–Kier alpha value is -1.17. The topological polar surface area (TPSA) is 54.5 Å². The van der Waals surface area contributed by atoms with Crippen LogP contribution in [0.2, 0.25) is 5.02 Å². The summed E-state index contributed by atoms with van der Waals surface area (Å²) in [5, 5.41) is 3.40. The Kier molecular flexibility index (Phi) is 5.13. The molecule has 1 saturated heterocycles. The molecule has 0 bridgehead atoms. The number of halogens is 1. The van der Waals surface area contributed by atoms with Crippen LogP contribution in [0.4, 0.5) is 0 Å². The molecule has 1 aromatic rings. The molecule has 1 N–H and O–H groups in total. The quantitative estimate of drug-likeness (QED) is 0.902. The molecule has 0 aliphatic carbocycles. The Morgan fingerprint density at radius 1 is 1.58 bits per heavy atom. The number of rotatable bonds is 4. The number of hydrogen-bond donors (Lipinski definition) is 1. The average molecular weight is 284 g/mol. The van der Waals surface area contributed by atoms with Gasteiger partial charge in [-0.25, -0.2) is 0 Å². The van der Waals surface area contributed by atoms with Crippen LogP contribution >= 0.6 is 11.6 Å². The van der Waals surface area contributed by atoms with Crippen molar-refractivity contribution in [2.75, 3.05) is 32.8 Å². The van der Waals surface area contributed by atoms with Gasteiger partial charge in [0.1, 0.15) is 5.69 Å². The van der Waals surface area contributed by atoms with Gasteiger partial charge in [-0.1, -0.05) is 11.6 Å². The predicted octanol–water partition coefficient (Wildman–Crippen LogP) is 1.19. The van der Waals surface area contributed by atoms with Crippen molar-refractivity contribution in [3.05, 3.63) is 29.0 Å². The number of carbonyl (C=O) groups is 1. The van der Waals surface area contributed by atoms with Gasteiger partial charge < -0.3 is 10.1 Å². The van der Waals surface area contributed by atoms with E-state index in [0.29, 0.717) is 17.3 Å². The molecule has 0 saturated carbocycles. The van der Waals surface area contributed by atoms with Crippen LogP contribution < -0.4 is 5.32 Å². The van der Waals surface area contributed by atoms with Crippen LogP contribution in [0.15, 0.2) is 18.3 Å². The molecule has 19 heavy (non-hydrogen) atoms. The summed E-state index contributed by atoms with van der Waals surface area (Å²) in [4.78, 5) is 18.2. The minimum atomic E-state index is -0.192. The molecule has 1 aliphatic rings. The van der Waals surface area contributed by atoms with E-state index in [1.165, 1.54) is 6.20 Å². The van der Waals surface area contributed by atoms with Crippen molar-refractivity contribution in [3.63, 3.8) is 0 Å². The van der Waals surface area contributed by atoms with Crippen molar-refractivity contribution >= 4 is 17.5 Å². The molecule has 0 spiro atoms. The first-order valence-electron chi connectivity index (χ1n) is 6.38. The SMILES string of the molecule is C[C@H](CNC(=O)c1cc(Cl)ccn1)N1CCOCC1. The van der Waals surface area contributed by atoms with E-state index in [4.69, 9.17) is 16.3 Å². The van der Waals surface area contributed by atoms with Crippen LogP contribution in [0.25, 0.3) is 0 Å². The summed E-state index contributed by atoms with van der Waals surface area (Å²) in [6.07, 6.45) is 1.53. The fourth-order valence-electron chi connectivity index (χ4n) is 2.01. The zero-order valence-electron chi connectivity index (χ0n) is 10.9. The fraction of sp³-hybridized carbons (Fsp3) is 0.538. The number of pyridine rings is 1. The molecule has 104 valence electrons. The number of nitrogens with one attached hydrogen (secondary N) is 1. The number of ether oxygens (including phenoxy) is 1. The van der Waals surface area contributed by atoms with E-state index in [1.54, 1.807) is 12.1 Å². The minimum absolute atomic E-state index is 0.192. The van der Waals surface area contributed by atoms with Crippen molar-refractivity contribution in [2.24, 2.45) is 0 Å². The summed E-state index contributed by atoms with van der Waals surface area (Å²) in [7, 11) is 0. The second-order valence-corrected chi connectivity index (χ2v) is 5.00. The van der Waals surface area contributed by atoms with Gasteiger partial charge in [0.25, 0.3) is 5.91 Å². The van der Waals surface area contributed by atoms with Gasteiger partial charge in [0, 0.05) is 36.9 Å². The second-order valence-electron chi connectivity index (χ2n) is 4.57. The van der Waals surface area contributed by atoms with Gasteiger partial charge in [-0.15, -0.1) is 0 Å². The Balaban J connectivity index is 1.82. The van der Waals surface area contributed by atoms with E-state index in [-0.39, 0.29) is 11.9 Å². The van der Waals surface area contributed by atoms with Crippen molar-refractivity contribution < 1.29 is 9.53 Å². The molecular formula is C13H18ClN3O2. The van der Waals surface area contributed by atoms with Gasteiger partial charge in [0.05, 0.1) is 13.2 Å². The van der Waals surface area contributed by atoms with Crippen LogP contribution in [0.1, 0.15) is 17.4 Å². The molecule has 6 heteroatoms. The summed E-state index contributed by atoms with van der Waals surface area (Å²) in [5.74, 6) is -0.192. The molecule has 1 atom stereocenters. The smallest absolute Gasteiger partial charge is 0.269 e. The lowest BCUT2D eigenvalue weighted by Crippen LogP contribution is -2.47. The standard InChI is InChI=1S/C13H18ClN3O2/c1-10(17-4-6-19-7-5-17)9-16-13(18)12-8-11(14)2-3-15-12/h2-3,8,10H,4-7,9H2,1H3,(H,16,18)/t10-/m1/s1. The number of morpholine rings is 1. The molecule has 1 aliphatic heterocycles. The number of carbonyl (C=O) groups excluding carboxylic acids is 1. The first-order chi connectivity index (χ1) is 9.16. The third-order valence-corrected chi connectivity index (χ3v) is 3.42. The third-order valence-electron chi connectivity index (χ3n) is 3.18. The Labute approximate surface area is 117 Å². The Morgan fingerprint density at radius 3 is 3.00 bits per heavy atom. The van der Waals surface area contributed by atoms with E-state index in [9.17, 15) is 4.79 Å². The van der Waals surface area contributed by atoms with Gasteiger partial charge in [-0.2, -0.15) is 0 Å². The van der Waals surface area contributed by atoms with Crippen LogP contribution in [-0.2, 0) is 4.74 Å². The lowest BCUT2D eigenvalue weighted by atomic mass is 10.2. The molecule has 0 radical (unpaired) electrons. The van der Waals surface area contributed by atoms with Crippen molar-refractivity contribution in [1.29, 1.82) is 0 Å². The number of aromatic nitrogens is 1. The summed E-state index contributed by atoms with van der Waals surface area (Å²) in [5.41, 5.74) is 0.349. The van der Waals surface area contributed by atoms with Crippen molar-refractivity contribution in [2.45, 2.75) is 13.0 Å². The molecule has 2 rings (SSSR count). The van der Waals surface area contributed by atoms with E-state index < -0.39 is 0 Å². The van der Waals surface area contributed by atoms with E-state index in [0.717, 1.165) is 26.3 Å². The molecule has 1 fully saturated rings. The van der Waals surface area contributed by atoms with E-state index >= 15 is 0 Å². The van der Waals surface area contributed by atoms with Gasteiger partial charge in [-0.05, 0) is 19.1 Å². The van der Waals surface area contributed by atoms with Crippen molar-refractivity contribution in [3.8, 4) is 0 Å². The summed E-state index contributed by atoms with van der Waals surface area (Å²) >= 11 is 5.83. The number of amides is 1. The average Bonchev–Trinajstić information content (AvgIpc) is 2.45. The lowest BCUT2D eigenvalue weighted by molar-refractivity contribution is 0.0204. The second kappa shape index (κ2) is 6.84. The molecule has 2 heterocycles. The highest BCUT2D eigenvalue weighted by Crippen LogP contribution is 2.08. The first-order valence-corrected chi connectivity index (χ1v) is 6.76. The third kappa shape index (κ3) is 4.16. The minimum Gasteiger partial charge on any atom is -0.379 e. The highest BCUT2D eigenvalue weighted by molar-refractivity contribution is 6.30. The monoisotopic (exact) mass is 283 g/mol. The van der Waals surface area contributed by atoms with Gasteiger partial charge in [-0.3, -0.25) is 14.7 Å². The lowest BCUT2D eigenvalue weighted by Gasteiger charge is -2.32. The molecular weight excluding hydrogens is 266 g/mol.